The van der Waals surface area contributed by atoms with Gasteiger partial charge in [-0.2, -0.15) is 0 Å². The Hall–Kier alpha value is -2.48. The zero-order chi connectivity index (χ0) is 14.2. The van der Waals surface area contributed by atoms with Gasteiger partial charge in [0, 0.05) is 5.56 Å². The van der Waals surface area contributed by atoms with E-state index in [1.807, 2.05) is 48.5 Å². The lowest BCUT2D eigenvalue weighted by Crippen LogP contribution is -1.97. The van der Waals surface area contributed by atoms with Gasteiger partial charge in [-0.3, -0.25) is 0 Å². The smallest absolute Gasteiger partial charge is 0.159 e. The number of hydrogen-bond donors (Lipinski definition) is 0. The largest absolute Gasteiger partial charge is 0.245 e. The minimum absolute atomic E-state index is 0.647. The third kappa shape index (κ3) is 3.51. The van der Waals surface area contributed by atoms with E-state index in [1.165, 1.54) is 0 Å². The summed E-state index contributed by atoms with van der Waals surface area (Å²) in [6, 6.07) is 20.0. The lowest BCUT2D eigenvalue weighted by molar-refractivity contribution is 1.21. The van der Waals surface area contributed by atoms with Crippen LogP contribution in [-0.4, -0.2) is 12.6 Å². The third-order valence-electron chi connectivity index (χ3n) is 2.88. The van der Waals surface area contributed by atoms with Crippen LogP contribution in [0.4, 0.5) is 0 Å². The Kier molecular flexibility index (Phi) is 5.01. The topological polar surface area (TPSA) is 24.7 Å². The van der Waals surface area contributed by atoms with Gasteiger partial charge in [-0.05, 0) is 18.7 Å². The van der Waals surface area contributed by atoms with Crippen LogP contribution in [0.2, 0.25) is 0 Å². The van der Waals surface area contributed by atoms with Gasteiger partial charge in [0.1, 0.15) is 0 Å². The molecule has 0 spiro atoms. The van der Waals surface area contributed by atoms with Crippen LogP contribution in [0.25, 0.3) is 5.70 Å². The minimum Gasteiger partial charge on any atom is -0.245 e. The van der Waals surface area contributed by atoms with Crippen LogP contribution in [0.5, 0.6) is 0 Å². The fraction of sp³-hybridized carbons (Fsp3) is 0.111. The SMILES string of the molecule is C=NC(=N/C(=C/CC)c1ccccc1)c1ccccc1. The highest BCUT2D eigenvalue weighted by Gasteiger charge is 2.03. The van der Waals surface area contributed by atoms with E-state index in [0.717, 1.165) is 23.2 Å². The first-order valence-corrected chi connectivity index (χ1v) is 6.71. The predicted octanol–water partition coefficient (Wildman–Crippen LogP) is 4.58. The van der Waals surface area contributed by atoms with Crippen molar-refractivity contribution in [3.8, 4) is 0 Å². The lowest BCUT2D eigenvalue weighted by atomic mass is 10.1. The van der Waals surface area contributed by atoms with Crippen LogP contribution in [0.15, 0.2) is 76.7 Å². The van der Waals surface area contributed by atoms with Gasteiger partial charge >= 0.3 is 0 Å². The quantitative estimate of drug-likeness (QED) is 0.569. The highest BCUT2D eigenvalue weighted by atomic mass is 14.9. The van der Waals surface area contributed by atoms with Crippen molar-refractivity contribution in [2.24, 2.45) is 9.98 Å². The number of benzene rings is 2. The summed E-state index contributed by atoms with van der Waals surface area (Å²) >= 11 is 0. The fourth-order valence-electron chi connectivity index (χ4n) is 1.92. The predicted molar refractivity (Wildman–Crippen MR) is 87.2 cm³/mol. The van der Waals surface area contributed by atoms with E-state index in [0.29, 0.717) is 5.84 Å². The Morgan fingerprint density at radius 2 is 1.50 bits per heavy atom. The van der Waals surface area contributed by atoms with Crippen molar-refractivity contribution in [3.05, 3.63) is 77.9 Å². The zero-order valence-electron chi connectivity index (χ0n) is 11.7. The molecule has 2 nitrogen and oxygen atoms in total. The molecule has 0 aromatic heterocycles. The summed E-state index contributed by atoms with van der Waals surface area (Å²) in [6.07, 6.45) is 3.02. The van der Waals surface area contributed by atoms with Crippen molar-refractivity contribution in [1.29, 1.82) is 0 Å². The van der Waals surface area contributed by atoms with Crippen molar-refractivity contribution >= 4 is 18.3 Å². The molecule has 0 aliphatic rings. The monoisotopic (exact) mass is 262 g/mol. The van der Waals surface area contributed by atoms with Crippen LogP contribution < -0.4 is 0 Å². The molecule has 0 bridgehead atoms. The lowest BCUT2D eigenvalue weighted by Gasteiger charge is -2.05. The standard InChI is InChI=1S/C18H18N2/c1-3-10-17(15-11-6-4-7-12-15)20-18(19-2)16-13-8-5-9-14-16/h4-14H,2-3H2,1H3/b17-10+,20-18?. The molecule has 0 saturated carbocycles. The van der Waals surface area contributed by atoms with E-state index >= 15 is 0 Å². The second-order valence-electron chi connectivity index (χ2n) is 4.32. The summed E-state index contributed by atoms with van der Waals surface area (Å²) in [5.41, 5.74) is 2.99. The van der Waals surface area contributed by atoms with Gasteiger partial charge in [0.25, 0.3) is 0 Å². The second-order valence-corrected chi connectivity index (χ2v) is 4.32. The molecule has 0 unspecified atom stereocenters. The molecule has 0 aliphatic carbocycles. The van der Waals surface area contributed by atoms with Crippen molar-refractivity contribution < 1.29 is 0 Å². The molecule has 0 aliphatic heterocycles. The molecule has 0 saturated heterocycles. The van der Waals surface area contributed by atoms with Crippen LogP contribution in [0.3, 0.4) is 0 Å². The van der Waals surface area contributed by atoms with E-state index in [4.69, 9.17) is 0 Å². The Bertz CT molecular complexity index is 610. The minimum atomic E-state index is 0.647. The Balaban J connectivity index is 2.43. The molecule has 2 rings (SSSR count). The number of hydrogen-bond acceptors (Lipinski definition) is 1. The molecular formula is C18H18N2. The summed E-state index contributed by atoms with van der Waals surface area (Å²) in [6.45, 7) is 5.74. The number of aliphatic imine (C=N–C) groups is 2. The molecule has 0 amide bonds. The first-order chi connectivity index (χ1) is 9.85. The van der Waals surface area contributed by atoms with E-state index in [9.17, 15) is 0 Å². The van der Waals surface area contributed by atoms with Crippen molar-refractivity contribution in [3.63, 3.8) is 0 Å². The van der Waals surface area contributed by atoms with Crippen LogP contribution in [0.1, 0.15) is 24.5 Å². The van der Waals surface area contributed by atoms with E-state index in [1.54, 1.807) is 0 Å². The number of allylic oxidation sites excluding steroid dienone is 1. The van der Waals surface area contributed by atoms with Gasteiger partial charge in [-0.25, -0.2) is 9.98 Å². The number of amidine groups is 1. The van der Waals surface area contributed by atoms with Crippen molar-refractivity contribution in [1.82, 2.24) is 0 Å². The van der Waals surface area contributed by atoms with Gasteiger partial charge in [-0.1, -0.05) is 73.7 Å². The van der Waals surface area contributed by atoms with Gasteiger partial charge in [0.05, 0.1) is 5.70 Å². The van der Waals surface area contributed by atoms with Crippen molar-refractivity contribution in [2.45, 2.75) is 13.3 Å². The summed E-state index contributed by atoms with van der Waals surface area (Å²) in [7, 11) is 0. The maximum absolute atomic E-state index is 4.67. The summed E-state index contributed by atoms with van der Waals surface area (Å²) in [5, 5.41) is 0. The molecule has 0 N–H and O–H groups in total. The Morgan fingerprint density at radius 1 is 0.950 bits per heavy atom. The van der Waals surface area contributed by atoms with Gasteiger partial charge in [-0.15, -0.1) is 0 Å². The molecule has 2 heteroatoms. The zero-order valence-corrected chi connectivity index (χ0v) is 11.7. The first kappa shape index (κ1) is 13.9. The van der Waals surface area contributed by atoms with Crippen LogP contribution in [-0.2, 0) is 0 Å². The Morgan fingerprint density at radius 3 is 2.00 bits per heavy atom. The Labute approximate surface area is 120 Å². The van der Waals surface area contributed by atoms with Crippen molar-refractivity contribution in [2.75, 3.05) is 0 Å². The van der Waals surface area contributed by atoms with E-state index in [2.05, 4.69) is 41.8 Å². The fourth-order valence-corrected chi connectivity index (χ4v) is 1.92. The van der Waals surface area contributed by atoms with Crippen LogP contribution in [0, 0.1) is 0 Å². The maximum atomic E-state index is 4.67. The van der Waals surface area contributed by atoms with E-state index < -0.39 is 0 Å². The molecular weight excluding hydrogens is 244 g/mol. The molecule has 100 valence electrons. The molecule has 0 atom stereocenters. The second kappa shape index (κ2) is 7.19. The molecule has 0 heterocycles. The average Bonchev–Trinajstić information content (AvgIpc) is 2.53. The van der Waals surface area contributed by atoms with Gasteiger partial charge in [0.15, 0.2) is 5.84 Å². The third-order valence-corrected chi connectivity index (χ3v) is 2.88. The van der Waals surface area contributed by atoms with Gasteiger partial charge in [0.2, 0.25) is 0 Å². The van der Waals surface area contributed by atoms with Gasteiger partial charge < -0.3 is 0 Å². The summed E-state index contributed by atoms with van der Waals surface area (Å²) < 4.78 is 0. The molecule has 2 aromatic rings. The average molecular weight is 262 g/mol. The number of nitrogens with zero attached hydrogens (tertiary/aromatic N) is 2. The molecule has 20 heavy (non-hydrogen) atoms. The summed E-state index contributed by atoms with van der Waals surface area (Å²) in [5.74, 6) is 0.647. The maximum Gasteiger partial charge on any atom is 0.159 e. The number of rotatable bonds is 4. The molecule has 0 radical (unpaired) electrons. The van der Waals surface area contributed by atoms with Crippen LogP contribution >= 0.6 is 0 Å². The summed E-state index contributed by atoms with van der Waals surface area (Å²) in [4.78, 5) is 8.74. The normalized spacial score (nSPS) is 12.2. The van der Waals surface area contributed by atoms with E-state index in [-0.39, 0.29) is 0 Å². The first-order valence-electron chi connectivity index (χ1n) is 6.71. The molecule has 0 fully saturated rings. The molecule has 2 aromatic carbocycles. The highest BCUT2D eigenvalue weighted by molar-refractivity contribution is 6.04. The highest BCUT2D eigenvalue weighted by Crippen LogP contribution is 2.18.